The fraction of sp³-hybridized carbons (Fsp3) is 0.278. The van der Waals surface area contributed by atoms with Crippen LogP contribution < -0.4 is 14.6 Å². The lowest BCUT2D eigenvalue weighted by atomic mass is 10.3. The number of nitrogens with zero attached hydrogens (tertiary/aromatic N) is 2. The highest BCUT2D eigenvalue weighted by Gasteiger charge is 2.14. The molecule has 0 fully saturated rings. The van der Waals surface area contributed by atoms with Crippen molar-refractivity contribution < 1.29 is 17.9 Å². The number of fused-ring (bicyclic) bond motifs is 1. The number of benzene rings is 2. The van der Waals surface area contributed by atoms with Crippen LogP contribution in [0.2, 0.25) is 0 Å². The minimum atomic E-state index is -3.75. The van der Waals surface area contributed by atoms with Gasteiger partial charge in [0.1, 0.15) is 11.5 Å². The number of aryl methyl sites for hydroxylation is 1. The Balaban J connectivity index is 1.68. The summed E-state index contributed by atoms with van der Waals surface area (Å²) in [6.45, 7) is 3.27. The Morgan fingerprint density at radius 3 is 2.48 bits per heavy atom. The second-order valence-corrected chi connectivity index (χ2v) is 8.33. The third-order valence-electron chi connectivity index (χ3n) is 3.97. The van der Waals surface area contributed by atoms with Crippen molar-refractivity contribution in [3.8, 4) is 11.5 Å². The molecule has 0 atom stereocenters. The monoisotopic (exact) mass is 407 g/mol. The first-order valence-electron chi connectivity index (χ1n) is 8.35. The molecule has 2 aromatic carbocycles. The van der Waals surface area contributed by atoms with Gasteiger partial charge in [0.15, 0.2) is 5.16 Å². The van der Waals surface area contributed by atoms with Gasteiger partial charge in [0, 0.05) is 12.3 Å². The first kappa shape index (κ1) is 19.5. The molecule has 0 spiro atoms. The lowest BCUT2D eigenvalue weighted by Crippen LogP contribution is -2.11. The molecule has 9 heteroatoms. The molecule has 1 heterocycles. The molecule has 0 unspecified atom stereocenters. The van der Waals surface area contributed by atoms with Gasteiger partial charge in [0.05, 0.1) is 29.6 Å². The van der Waals surface area contributed by atoms with Crippen molar-refractivity contribution in [1.29, 1.82) is 0 Å². The van der Waals surface area contributed by atoms with Crippen LogP contribution in [0.4, 0.5) is 0 Å². The van der Waals surface area contributed by atoms with E-state index in [4.69, 9.17) is 14.6 Å². The molecule has 144 valence electrons. The number of primary sulfonamides is 1. The van der Waals surface area contributed by atoms with E-state index in [0.29, 0.717) is 17.9 Å². The zero-order chi connectivity index (χ0) is 19.4. The lowest BCUT2D eigenvalue weighted by Gasteiger charge is -2.08. The molecule has 0 aliphatic heterocycles. The van der Waals surface area contributed by atoms with Crippen molar-refractivity contribution >= 4 is 32.8 Å². The number of sulfonamides is 1. The molecular weight excluding hydrogens is 386 g/mol. The average Bonchev–Trinajstić information content (AvgIpc) is 3.01. The molecule has 0 aliphatic rings. The average molecular weight is 408 g/mol. The number of imidazole rings is 1. The van der Waals surface area contributed by atoms with Crippen LogP contribution in [0.1, 0.15) is 6.92 Å². The highest BCUT2D eigenvalue weighted by Crippen LogP contribution is 2.26. The van der Waals surface area contributed by atoms with Gasteiger partial charge in [-0.15, -0.1) is 0 Å². The molecule has 0 aliphatic carbocycles. The molecule has 0 radical (unpaired) electrons. The Bertz CT molecular complexity index is 1030. The van der Waals surface area contributed by atoms with Gasteiger partial charge >= 0.3 is 0 Å². The Hall–Kier alpha value is -2.23. The predicted molar refractivity (Wildman–Crippen MR) is 106 cm³/mol. The maximum absolute atomic E-state index is 11.5. The summed E-state index contributed by atoms with van der Waals surface area (Å²) in [5.41, 5.74) is 1.49. The maximum atomic E-state index is 11.5. The topological polar surface area (TPSA) is 96.4 Å². The predicted octanol–water partition coefficient (Wildman–Crippen LogP) is 2.88. The van der Waals surface area contributed by atoms with Gasteiger partial charge in [-0.25, -0.2) is 18.5 Å². The van der Waals surface area contributed by atoms with E-state index in [1.165, 1.54) is 12.1 Å². The first-order valence-corrected chi connectivity index (χ1v) is 10.9. The van der Waals surface area contributed by atoms with Crippen LogP contribution in [0.5, 0.6) is 11.5 Å². The van der Waals surface area contributed by atoms with Crippen LogP contribution >= 0.6 is 11.8 Å². The van der Waals surface area contributed by atoms with Gasteiger partial charge in [-0.3, -0.25) is 0 Å². The van der Waals surface area contributed by atoms with E-state index >= 15 is 0 Å². The van der Waals surface area contributed by atoms with Crippen molar-refractivity contribution in [2.45, 2.75) is 23.5 Å². The van der Waals surface area contributed by atoms with Crippen LogP contribution in [-0.2, 0) is 16.6 Å². The van der Waals surface area contributed by atoms with Gasteiger partial charge < -0.3 is 14.0 Å². The third kappa shape index (κ3) is 4.55. The number of hydrogen-bond donors (Lipinski definition) is 1. The maximum Gasteiger partial charge on any atom is 0.238 e. The number of hydrogen-bond acceptors (Lipinski definition) is 6. The summed E-state index contributed by atoms with van der Waals surface area (Å²) in [4.78, 5) is 4.62. The smallest absolute Gasteiger partial charge is 0.238 e. The summed E-state index contributed by atoms with van der Waals surface area (Å²) in [6, 6.07) is 12.2. The summed E-state index contributed by atoms with van der Waals surface area (Å²) >= 11 is 1.56. The zero-order valence-electron chi connectivity index (χ0n) is 15.1. The number of nitrogens with two attached hydrogens (primary N) is 1. The van der Waals surface area contributed by atoms with Gasteiger partial charge in [-0.2, -0.15) is 0 Å². The standard InChI is InChI=1S/C18H21N3O4S2/c1-3-21-17-9-8-15(27(19,22)23)12-16(17)20-18(21)26-11-10-25-14-6-4-13(24-2)5-7-14/h4-9,12H,3,10-11H2,1-2H3,(H2,19,22,23). The molecule has 0 bridgehead atoms. The van der Waals surface area contributed by atoms with E-state index in [0.717, 1.165) is 28.7 Å². The normalized spacial score (nSPS) is 11.7. The lowest BCUT2D eigenvalue weighted by molar-refractivity contribution is 0.342. The zero-order valence-corrected chi connectivity index (χ0v) is 16.7. The Morgan fingerprint density at radius 2 is 1.85 bits per heavy atom. The number of rotatable bonds is 8. The molecule has 7 nitrogen and oxygen atoms in total. The van der Waals surface area contributed by atoms with Crippen molar-refractivity contribution in [1.82, 2.24) is 9.55 Å². The molecule has 27 heavy (non-hydrogen) atoms. The number of ether oxygens (including phenoxy) is 2. The molecule has 3 aromatic rings. The van der Waals surface area contributed by atoms with Crippen molar-refractivity contribution in [3.63, 3.8) is 0 Å². The quantitative estimate of drug-likeness (QED) is 0.456. The van der Waals surface area contributed by atoms with Crippen LogP contribution in [0.3, 0.4) is 0 Å². The first-order chi connectivity index (χ1) is 12.9. The Morgan fingerprint density at radius 1 is 1.15 bits per heavy atom. The van der Waals surface area contributed by atoms with E-state index in [1.54, 1.807) is 24.9 Å². The minimum Gasteiger partial charge on any atom is -0.497 e. The number of methoxy groups -OCH3 is 1. The molecule has 0 amide bonds. The minimum absolute atomic E-state index is 0.0649. The Labute approximate surface area is 162 Å². The van der Waals surface area contributed by atoms with Crippen molar-refractivity contribution in [2.24, 2.45) is 5.14 Å². The van der Waals surface area contributed by atoms with Gasteiger partial charge in [0.25, 0.3) is 0 Å². The fourth-order valence-electron chi connectivity index (χ4n) is 2.64. The largest absolute Gasteiger partial charge is 0.497 e. The molecule has 0 saturated carbocycles. The number of thioether (sulfide) groups is 1. The van der Waals surface area contributed by atoms with E-state index < -0.39 is 10.0 Å². The second-order valence-electron chi connectivity index (χ2n) is 5.71. The SMILES string of the molecule is CCn1c(SCCOc2ccc(OC)cc2)nc2cc(S(N)(=O)=O)ccc21. The highest BCUT2D eigenvalue weighted by atomic mass is 32.2. The van der Waals surface area contributed by atoms with Crippen molar-refractivity contribution in [3.05, 3.63) is 42.5 Å². The van der Waals surface area contributed by atoms with Gasteiger partial charge in [-0.1, -0.05) is 11.8 Å². The summed E-state index contributed by atoms with van der Waals surface area (Å²) in [7, 11) is -2.12. The number of aromatic nitrogens is 2. The fourth-order valence-corrected chi connectivity index (χ4v) is 4.07. The Kier molecular flexibility index (Phi) is 5.93. The van der Waals surface area contributed by atoms with E-state index in [9.17, 15) is 8.42 Å². The van der Waals surface area contributed by atoms with E-state index in [1.807, 2.05) is 35.8 Å². The van der Waals surface area contributed by atoms with E-state index in [2.05, 4.69) is 4.98 Å². The van der Waals surface area contributed by atoms with Crippen molar-refractivity contribution in [2.75, 3.05) is 19.5 Å². The van der Waals surface area contributed by atoms with E-state index in [-0.39, 0.29) is 4.90 Å². The van der Waals surface area contributed by atoms with Crippen LogP contribution in [-0.4, -0.2) is 37.4 Å². The van der Waals surface area contributed by atoms with Crippen LogP contribution in [0.15, 0.2) is 52.5 Å². The molecular formula is C18H21N3O4S2. The van der Waals surface area contributed by atoms with Gasteiger partial charge in [0.2, 0.25) is 10.0 Å². The molecule has 2 N–H and O–H groups in total. The van der Waals surface area contributed by atoms with Crippen LogP contribution in [0.25, 0.3) is 11.0 Å². The summed E-state index contributed by atoms with van der Waals surface area (Å²) in [5, 5.41) is 6.02. The summed E-state index contributed by atoms with van der Waals surface area (Å²) in [5.74, 6) is 2.27. The summed E-state index contributed by atoms with van der Waals surface area (Å²) < 4.78 is 36.0. The third-order valence-corrected chi connectivity index (χ3v) is 5.82. The molecule has 1 aromatic heterocycles. The second kappa shape index (κ2) is 8.20. The van der Waals surface area contributed by atoms with Crippen LogP contribution in [0, 0.1) is 0 Å². The molecule has 3 rings (SSSR count). The highest BCUT2D eigenvalue weighted by molar-refractivity contribution is 7.99. The molecule has 0 saturated heterocycles. The summed E-state index contributed by atoms with van der Waals surface area (Å²) in [6.07, 6.45) is 0. The van der Waals surface area contributed by atoms with Gasteiger partial charge in [-0.05, 0) is 49.4 Å².